The summed E-state index contributed by atoms with van der Waals surface area (Å²) in [5.41, 5.74) is 2.17. The number of phenols is 1. The van der Waals surface area contributed by atoms with Gasteiger partial charge in [-0.05, 0) is 35.0 Å². The van der Waals surface area contributed by atoms with E-state index in [1.165, 1.54) is 0 Å². The molecule has 1 heterocycles. The molecule has 134 valence electrons. The summed E-state index contributed by atoms with van der Waals surface area (Å²) >= 11 is 0. The van der Waals surface area contributed by atoms with E-state index in [4.69, 9.17) is 0 Å². The Morgan fingerprint density at radius 3 is 2.44 bits per heavy atom. The van der Waals surface area contributed by atoms with Crippen molar-refractivity contribution in [3.05, 3.63) is 90.3 Å². The third-order valence-corrected chi connectivity index (χ3v) is 4.52. The van der Waals surface area contributed by atoms with Crippen LogP contribution in [0.1, 0.15) is 15.9 Å². The minimum absolute atomic E-state index is 0.00877. The maximum absolute atomic E-state index is 12.8. The number of nitrogens with zero attached hydrogens (tertiary/aromatic N) is 3. The number of benzene rings is 3. The minimum Gasteiger partial charge on any atom is -0.507 e. The van der Waals surface area contributed by atoms with Gasteiger partial charge in [0.1, 0.15) is 5.75 Å². The number of carbonyl (C=O) groups is 1. The van der Waals surface area contributed by atoms with Crippen LogP contribution in [0.4, 0.5) is 0 Å². The van der Waals surface area contributed by atoms with Gasteiger partial charge in [-0.15, -0.1) is 0 Å². The Labute approximate surface area is 157 Å². The molecule has 1 amide bonds. The third kappa shape index (κ3) is 3.40. The molecule has 1 N–H and O–H groups in total. The van der Waals surface area contributed by atoms with Gasteiger partial charge in [0.2, 0.25) is 0 Å². The Morgan fingerprint density at radius 2 is 1.70 bits per heavy atom. The van der Waals surface area contributed by atoms with Crippen molar-refractivity contribution in [3.63, 3.8) is 0 Å². The molecule has 0 unspecified atom stereocenters. The fourth-order valence-corrected chi connectivity index (χ4v) is 3.11. The molecule has 3 aromatic carbocycles. The largest absolute Gasteiger partial charge is 0.507 e. The zero-order valence-corrected chi connectivity index (χ0v) is 14.9. The molecule has 0 aliphatic rings. The molecular weight excluding hydrogens is 338 g/mol. The van der Waals surface area contributed by atoms with Gasteiger partial charge < -0.3 is 10.0 Å². The molecule has 0 aliphatic heterocycles. The van der Waals surface area contributed by atoms with Crippen molar-refractivity contribution in [2.75, 3.05) is 7.05 Å². The molecule has 27 heavy (non-hydrogen) atoms. The minimum atomic E-state index is -0.231. The molecule has 0 aliphatic carbocycles. The van der Waals surface area contributed by atoms with Crippen molar-refractivity contribution >= 4 is 16.7 Å². The van der Waals surface area contributed by atoms with Gasteiger partial charge in [0.25, 0.3) is 5.91 Å². The number of hydrogen-bond acceptors (Lipinski definition) is 3. The Balaban J connectivity index is 1.55. The van der Waals surface area contributed by atoms with Crippen molar-refractivity contribution in [1.82, 2.24) is 14.7 Å². The first kappa shape index (κ1) is 16.8. The summed E-state index contributed by atoms with van der Waals surface area (Å²) in [5, 5.41) is 16.5. The van der Waals surface area contributed by atoms with Crippen molar-refractivity contribution < 1.29 is 9.90 Å². The van der Waals surface area contributed by atoms with Crippen molar-refractivity contribution in [2.24, 2.45) is 0 Å². The van der Waals surface area contributed by atoms with Crippen LogP contribution in [0.2, 0.25) is 0 Å². The Bertz CT molecular complexity index is 1100. The van der Waals surface area contributed by atoms with Crippen LogP contribution in [-0.2, 0) is 6.54 Å². The lowest BCUT2D eigenvalue weighted by molar-refractivity contribution is 0.0782. The molecule has 0 spiro atoms. The molecule has 0 saturated heterocycles. The third-order valence-electron chi connectivity index (χ3n) is 4.52. The van der Waals surface area contributed by atoms with E-state index in [-0.39, 0.29) is 11.7 Å². The molecule has 5 heteroatoms. The van der Waals surface area contributed by atoms with Crippen LogP contribution in [0.5, 0.6) is 5.75 Å². The monoisotopic (exact) mass is 357 g/mol. The van der Waals surface area contributed by atoms with Crippen molar-refractivity contribution in [3.8, 4) is 11.4 Å². The highest BCUT2D eigenvalue weighted by atomic mass is 16.3. The molecule has 0 atom stereocenters. The predicted molar refractivity (Wildman–Crippen MR) is 105 cm³/mol. The lowest BCUT2D eigenvalue weighted by atomic mass is 10.0. The van der Waals surface area contributed by atoms with Gasteiger partial charge in [0, 0.05) is 25.4 Å². The first-order chi connectivity index (χ1) is 13.1. The second-order valence-electron chi connectivity index (χ2n) is 6.51. The maximum atomic E-state index is 12.8. The van der Waals surface area contributed by atoms with Gasteiger partial charge in [-0.2, -0.15) is 5.10 Å². The highest BCUT2D eigenvalue weighted by Gasteiger charge is 2.17. The van der Waals surface area contributed by atoms with E-state index in [0.29, 0.717) is 12.1 Å². The highest BCUT2D eigenvalue weighted by Crippen LogP contribution is 2.26. The van der Waals surface area contributed by atoms with Gasteiger partial charge in [0.15, 0.2) is 0 Å². The summed E-state index contributed by atoms with van der Waals surface area (Å²) < 4.78 is 1.78. The second-order valence-corrected chi connectivity index (χ2v) is 6.51. The van der Waals surface area contributed by atoms with E-state index < -0.39 is 0 Å². The topological polar surface area (TPSA) is 58.4 Å². The van der Waals surface area contributed by atoms with E-state index in [2.05, 4.69) is 5.10 Å². The maximum Gasteiger partial charge on any atom is 0.257 e. The molecule has 0 radical (unpaired) electrons. The lowest BCUT2D eigenvalue weighted by Crippen LogP contribution is -2.26. The van der Waals surface area contributed by atoms with E-state index in [0.717, 1.165) is 22.0 Å². The Kier molecular flexibility index (Phi) is 4.34. The number of hydrogen-bond donors (Lipinski definition) is 1. The van der Waals surface area contributed by atoms with Crippen LogP contribution in [0, 0.1) is 0 Å². The second kappa shape index (κ2) is 6.96. The number of para-hydroxylation sites is 1. The van der Waals surface area contributed by atoms with Gasteiger partial charge >= 0.3 is 0 Å². The number of phenolic OH excluding ortho intramolecular Hbond substituents is 1. The van der Waals surface area contributed by atoms with Gasteiger partial charge in [-0.25, -0.2) is 4.68 Å². The standard InChI is InChI=1S/C22H19N3O2/c1-24(14-16-13-23-25(15-16)19-9-3-2-4-10-19)22(27)20-11-17-7-5-6-8-18(17)12-21(20)26/h2-13,15,26H,14H2,1H3. The molecule has 4 rings (SSSR count). The average molecular weight is 357 g/mol. The van der Waals surface area contributed by atoms with Crippen molar-refractivity contribution in [1.29, 1.82) is 0 Å². The highest BCUT2D eigenvalue weighted by molar-refractivity contribution is 6.01. The first-order valence-electron chi connectivity index (χ1n) is 8.68. The number of fused-ring (bicyclic) bond motifs is 1. The van der Waals surface area contributed by atoms with Gasteiger partial charge in [-0.3, -0.25) is 4.79 Å². The summed E-state index contributed by atoms with van der Waals surface area (Å²) in [6, 6.07) is 20.8. The number of aromatic hydroxyl groups is 1. The van der Waals surface area contributed by atoms with Crippen molar-refractivity contribution in [2.45, 2.75) is 6.54 Å². The molecule has 1 aromatic heterocycles. The lowest BCUT2D eigenvalue weighted by Gasteiger charge is -2.17. The van der Waals surface area contributed by atoms with Crippen LogP contribution in [-0.4, -0.2) is 32.7 Å². The van der Waals surface area contributed by atoms with E-state index in [9.17, 15) is 9.90 Å². The average Bonchev–Trinajstić information content (AvgIpc) is 3.16. The summed E-state index contributed by atoms with van der Waals surface area (Å²) in [7, 11) is 1.72. The fourth-order valence-electron chi connectivity index (χ4n) is 3.11. The fraction of sp³-hybridized carbons (Fsp3) is 0.0909. The number of aromatic nitrogens is 2. The van der Waals surface area contributed by atoms with Gasteiger partial charge in [0.05, 0.1) is 17.4 Å². The normalized spacial score (nSPS) is 10.9. The molecule has 0 fully saturated rings. The van der Waals surface area contributed by atoms with Crippen LogP contribution in [0.25, 0.3) is 16.5 Å². The first-order valence-corrected chi connectivity index (χ1v) is 8.68. The molecular formula is C22H19N3O2. The summed E-state index contributed by atoms with van der Waals surface area (Å²) in [6.45, 7) is 0.401. The number of rotatable bonds is 4. The molecule has 4 aromatic rings. The smallest absolute Gasteiger partial charge is 0.257 e. The van der Waals surface area contributed by atoms with E-state index in [1.807, 2.05) is 60.8 Å². The SMILES string of the molecule is CN(Cc1cnn(-c2ccccc2)c1)C(=O)c1cc2ccccc2cc1O. The van der Waals surface area contributed by atoms with E-state index in [1.54, 1.807) is 35.0 Å². The molecule has 5 nitrogen and oxygen atoms in total. The summed E-state index contributed by atoms with van der Waals surface area (Å²) in [6.07, 6.45) is 3.65. The van der Waals surface area contributed by atoms with E-state index >= 15 is 0 Å². The van der Waals surface area contributed by atoms with Gasteiger partial charge in [-0.1, -0.05) is 42.5 Å². The van der Waals surface area contributed by atoms with Crippen LogP contribution in [0.15, 0.2) is 79.1 Å². The Hall–Kier alpha value is -3.60. The summed E-state index contributed by atoms with van der Waals surface area (Å²) in [5.74, 6) is -0.240. The van der Waals surface area contributed by atoms with Crippen LogP contribution in [0.3, 0.4) is 0 Å². The predicted octanol–water partition coefficient (Wildman–Crippen LogP) is 4.00. The zero-order chi connectivity index (χ0) is 18.8. The molecule has 0 saturated carbocycles. The molecule has 0 bridgehead atoms. The quantitative estimate of drug-likeness (QED) is 0.600. The van der Waals surface area contributed by atoms with Crippen LogP contribution < -0.4 is 0 Å². The summed E-state index contributed by atoms with van der Waals surface area (Å²) in [4.78, 5) is 14.4. The zero-order valence-electron chi connectivity index (χ0n) is 14.9. The van der Waals surface area contributed by atoms with Crippen LogP contribution >= 0.6 is 0 Å². The Morgan fingerprint density at radius 1 is 1.04 bits per heavy atom. The number of carbonyl (C=O) groups excluding carboxylic acids is 1. The number of amides is 1.